The van der Waals surface area contributed by atoms with Crippen molar-refractivity contribution in [2.24, 2.45) is 7.05 Å². The number of halogens is 1. The molecule has 0 radical (unpaired) electrons. The van der Waals surface area contributed by atoms with Crippen molar-refractivity contribution in [3.05, 3.63) is 11.3 Å². The molecule has 0 fully saturated rings. The number of hydrogen-bond donors (Lipinski definition) is 0. The number of hydrogen-bond acceptors (Lipinski definition) is 4. The molecule has 0 aromatic carbocycles. The summed E-state index contributed by atoms with van der Waals surface area (Å²) in [6.07, 6.45) is 0. The van der Waals surface area contributed by atoms with Crippen molar-refractivity contribution in [3.8, 4) is 5.88 Å². The summed E-state index contributed by atoms with van der Waals surface area (Å²) in [5.74, 6) is -0.431. The summed E-state index contributed by atoms with van der Waals surface area (Å²) in [6, 6.07) is 0. The molecule has 0 aliphatic heterocycles. The van der Waals surface area contributed by atoms with E-state index in [-0.39, 0.29) is 11.4 Å². The summed E-state index contributed by atoms with van der Waals surface area (Å²) in [6.45, 7) is 1.60. The Hall–Kier alpha value is -1.11. The monoisotopic (exact) mass is 222 g/mol. The maximum atomic E-state index is 12.5. The first-order valence-corrected chi connectivity index (χ1v) is 5.39. The predicted molar refractivity (Wildman–Crippen MR) is 48.2 cm³/mol. The molecule has 0 aliphatic rings. The fourth-order valence-electron chi connectivity index (χ4n) is 1.27. The fraction of sp³-hybridized carbons (Fsp3) is 0.571. The zero-order chi connectivity index (χ0) is 10.9. The molecule has 0 saturated carbocycles. The van der Waals surface area contributed by atoms with Crippen LogP contribution in [0.15, 0.2) is 0 Å². The molecule has 0 saturated heterocycles. The van der Waals surface area contributed by atoms with Gasteiger partial charge in [-0.3, -0.25) is 0 Å². The van der Waals surface area contributed by atoms with E-state index in [2.05, 4.69) is 5.10 Å². The number of ether oxygens (including phenoxy) is 1. The summed E-state index contributed by atoms with van der Waals surface area (Å²) >= 11 is 0. The zero-order valence-electron chi connectivity index (χ0n) is 8.11. The maximum Gasteiger partial charge on any atom is 0.306 e. The Kier molecular flexibility index (Phi) is 2.79. The minimum Gasteiger partial charge on any atom is -0.481 e. The fourth-order valence-corrected chi connectivity index (χ4v) is 1.95. The molecule has 1 rings (SSSR count). The molecule has 14 heavy (non-hydrogen) atoms. The molecule has 7 heteroatoms. The molecular formula is C7H11FN2O3S. The van der Waals surface area contributed by atoms with E-state index < -0.39 is 16.0 Å². The second kappa shape index (κ2) is 3.56. The van der Waals surface area contributed by atoms with Gasteiger partial charge in [0.05, 0.1) is 18.4 Å². The van der Waals surface area contributed by atoms with Crippen LogP contribution in [-0.2, 0) is 23.0 Å². The van der Waals surface area contributed by atoms with Crippen LogP contribution < -0.4 is 4.74 Å². The Balaban J connectivity index is 3.19. The lowest BCUT2D eigenvalue weighted by atomic mass is 10.3. The van der Waals surface area contributed by atoms with Gasteiger partial charge in [0.1, 0.15) is 5.75 Å². The van der Waals surface area contributed by atoms with Crippen LogP contribution in [0.3, 0.4) is 0 Å². The Morgan fingerprint density at radius 1 is 1.57 bits per heavy atom. The zero-order valence-corrected chi connectivity index (χ0v) is 8.93. The van der Waals surface area contributed by atoms with E-state index in [1.807, 2.05) is 0 Å². The lowest BCUT2D eigenvalue weighted by Crippen LogP contribution is -2.00. The minimum absolute atomic E-state index is 0.262. The van der Waals surface area contributed by atoms with Gasteiger partial charge in [0.15, 0.2) is 0 Å². The standard InChI is InChI=1S/C7H11FN2O3S/c1-5-6(4-14(8,11)12)7(13-3)10(2)9-5/h4H2,1-3H3. The van der Waals surface area contributed by atoms with Crippen LogP contribution >= 0.6 is 0 Å². The SMILES string of the molecule is COc1c(CS(=O)(=O)F)c(C)nn1C. The van der Waals surface area contributed by atoms with Gasteiger partial charge in [-0.2, -0.15) is 13.5 Å². The number of nitrogens with zero attached hydrogens (tertiary/aromatic N) is 2. The van der Waals surface area contributed by atoms with Gasteiger partial charge in [0.2, 0.25) is 5.88 Å². The highest BCUT2D eigenvalue weighted by atomic mass is 32.3. The van der Waals surface area contributed by atoms with Gasteiger partial charge in [-0.25, -0.2) is 4.68 Å². The van der Waals surface area contributed by atoms with Crippen molar-refractivity contribution in [1.29, 1.82) is 0 Å². The van der Waals surface area contributed by atoms with Crippen molar-refractivity contribution in [2.75, 3.05) is 7.11 Å². The van der Waals surface area contributed by atoms with Crippen molar-refractivity contribution in [1.82, 2.24) is 9.78 Å². The van der Waals surface area contributed by atoms with E-state index in [1.165, 1.54) is 11.8 Å². The van der Waals surface area contributed by atoms with Gasteiger partial charge < -0.3 is 4.74 Å². The second-order valence-electron chi connectivity index (χ2n) is 2.88. The molecule has 1 aromatic heterocycles. The highest BCUT2D eigenvalue weighted by molar-refractivity contribution is 7.85. The van der Waals surface area contributed by atoms with Gasteiger partial charge in [0.25, 0.3) is 0 Å². The summed E-state index contributed by atoms with van der Waals surface area (Å²) in [7, 11) is -1.58. The summed E-state index contributed by atoms with van der Waals surface area (Å²) in [5.41, 5.74) is 0.711. The van der Waals surface area contributed by atoms with E-state index in [0.29, 0.717) is 5.69 Å². The Morgan fingerprint density at radius 2 is 2.14 bits per heavy atom. The molecule has 5 nitrogen and oxygen atoms in total. The molecule has 0 aliphatic carbocycles. The number of methoxy groups -OCH3 is 1. The van der Waals surface area contributed by atoms with Crippen molar-refractivity contribution in [2.45, 2.75) is 12.7 Å². The van der Waals surface area contributed by atoms with Crippen LogP contribution in [0.4, 0.5) is 3.89 Å². The van der Waals surface area contributed by atoms with Crippen LogP contribution in [0.25, 0.3) is 0 Å². The second-order valence-corrected chi connectivity index (χ2v) is 4.25. The molecule has 0 spiro atoms. The average Bonchev–Trinajstić information content (AvgIpc) is 2.24. The van der Waals surface area contributed by atoms with Crippen molar-refractivity contribution >= 4 is 10.2 Å². The quantitative estimate of drug-likeness (QED) is 0.700. The van der Waals surface area contributed by atoms with Crippen LogP contribution in [-0.4, -0.2) is 25.3 Å². The lowest BCUT2D eigenvalue weighted by Gasteiger charge is -2.01. The molecule has 0 bridgehead atoms. The van der Waals surface area contributed by atoms with Crippen molar-refractivity contribution in [3.63, 3.8) is 0 Å². The number of rotatable bonds is 3. The normalized spacial score (nSPS) is 11.7. The van der Waals surface area contributed by atoms with Gasteiger partial charge in [-0.15, -0.1) is 3.89 Å². The van der Waals surface area contributed by atoms with E-state index in [4.69, 9.17) is 4.74 Å². The van der Waals surface area contributed by atoms with E-state index in [0.717, 1.165) is 0 Å². The molecule has 0 unspecified atom stereocenters. The Bertz CT molecular complexity index is 438. The Labute approximate surface area is 81.7 Å². The topological polar surface area (TPSA) is 61.2 Å². The van der Waals surface area contributed by atoms with E-state index in [9.17, 15) is 12.3 Å². The molecular weight excluding hydrogens is 211 g/mol. The maximum absolute atomic E-state index is 12.5. The molecule has 1 heterocycles. The summed E-state index contributed by atoms with van der Waals surface area (Å²) in [4.78, 5) is 0. The van der Waals surface area contributed by atoms with Gasteiger partial charge in [-0.05, 0) is 6.92 Å². The molecule has 0 atom stereocenters. The Morgan fingerprint density at radius 3 is 2.57 bits per heavy atom. The van der Waals surface area contributed by atoms with Crippen LogP contribution in [0.2, 0.25) is 0 Å². The third kappa shape index (κ3) is 2.22. The van der Waals surface area contributed by atoms with Gasteiger partial charge in [-0.1, -0.05) is 0 Å². The predicted octanol–water partition coefficient (Wildman–Crippen LogP) is 0.536. The highest BCUT2D eigenvalue weighted by Gasteiger charge is 2.20. The third-order valence-corrected chi connectivity index (χ3v) is 2.43. The first-order valence-electron chi connectivity index (χ1n) is 3.84. The average molecular weight is 222 g/mol. The minimum atomic E-state index is -4.55. The smallest absolute Gasteiger partial charge is 0.306 e. The first-order chi connectivity index (χ1) is 6.35. The van der Waals surface area contributed by atoms with Gasteiger partial charge in [0, 0.05) is 7.05 Å². The van der Waals surface area contributed by atoms with E-state index >= 15 is 0 Å². The number of aromatic nitrogens is 2. The lowest BCUT2D eigenvalue weighted by molar-refractivity contribution is 0.370. The number of aryl methyl sites for hydroxylation is 2. The van der Waals surface area contributed by atoms with Crippen LogP contribution in [0, 0.1) is 6.92 Å². The van der Waals surface area contributed by atoms with Crippen LogP contribution in [0.5, 0.6) is 5.88 Å². The molecule has 0 N–H and O–H groups in total. The first kappa shape index (κ1) is 11.0. The van der Waals surface area contributed by atoms with E-state index in [1.54, 1.807) is 14.0 Å². The van der Waals surface area contributed by atoms with Gasteiger partial charge >= 0.3 is 10.2 Å². The summed E-state index contributed by atoms with van der Waals surface area (Å²) < 4.78 is 39.7. The highest BCUT2D eigenvalue weighted by Crippen LogP contribution is 2.23. The third-order valence-electron chi connectivity index (χ3n) is 1.80. The molecule has 1 aromatic rings. The van der Waals surface area contributed by atoms with Crippen molar-refractivity contribution < 1.29 is 17.0 Å². The molecule has 80 valence electrons. The largest absolute Gasteiger partial charge is 0.481 e. The summed E-state index contributed by atoms with van der Waals surface area (Å²) in [5, 5.41) is 3.93. The van der Waals surface area contributed by atoms with Crippen LogP contribution in [0.1, 0.15) is 11.3 Å². The molecule has 0 amide bonds.